The number of β-amino-alcohol motifs (C(OH)–C–C–N with tert-alkyl or cyclic N) is 1. The number of alkyl carbamates (subject to hydrolysis) is 1. The van der Waals surface area contributed by atoms with E-state index in [0.717, 1.165) is 25.9 Å². The highest BCUT2D eigenvalue weighted by molar-refractivity contribution is 5.94. The van der Waals surface area contributed by atoms with Crippen LogP contribution in [0.3, 0.4) is 0 Å². The Morgan fingerprint density at radius 3 is 2.69 bits per heavy atom. The summed E-state index contributed by atoms with van der Waals surface area (Å²) in [7, 11) is 1.52. The summed E-state index contributed by atoms with van der Waals surface area (Å²) in [5, 5.41) is 11.5. The second kappa shape index (κ2) is 8.26. The van der Waals surface area contributed by atoms with Crippen LogP contribution in [0, 0.1) is 17.8 Å². The van der Waals surface area contributed by atoms with Gasteiger partial charge in [0.15, 0.2) is 0 Å². The highest BCUT2D eigenvalue weighted by atomic mass is 16.7. The van der Waals surface area contributed by atoms with E-state index >= 15 is 0 Å². The number of piperazine rings is 1. The smallest absolute Gasteiger partial charge is 0.409 e. The first-order valence-corrected chi connectivity index (χ1v) is 9.41. The Morgan fingerprint density at radius 1 is 1.31 bits per heavy atom. The zero-order chi connectivity index (χ0) is 18.7. The molecule has 2 N–H and O–H groups in total. The Balaban J connectivity index is 1.68. The molecule has 8 heteroatoms. The highest BCUT2D eigenvalue weighted by Crippen LogP contribution is 2.47. The molecule has 0 bridgehead atoms. The van der Waals surface area contributed by atoms with Crippen molar-refractivity contribution in [2.75, 3.05) is 46.4 Å². The maximum atomic E-state index is 13.0. The number of rotatable bonds is 4. The molecule has 3 aliphatic rings. The Hall–Kier alpha value is -1.80. The largest absolute Gasteiger partial charge is 0.461 e. The summed E-state index contributed by atoms with van der Waals surface area (Å²) in [6, 6.07) is 0. The third-order valence-electron chi connectivity index (χ3n) is 5.85. The van der Waals surface area contributed by atoms with Crippen molar-refractivity contribution in [2.24, 2.45) is 17.8 Å². The van der Waals surface area contributed by atoms with Crippen molar-refractivity contribution < 1.29 is 24.2 Å². The van der Waals surface area contributed by atoms with Gasteiger partial charge in [0.2, 0.25) is 6.29 Å². The molecule has 0 aromatic rings. The molecule has 2 amide bonds. The van der Waals surface area contributed by atoms with Crippen molar-refractivity contribution in [1.29, 1.82) is 0 Å². The third-order valence-corrected chi connectivity index (χ3v) is 5.85. The van der Waals surface area contributed by atoms with Gasteiger partial charge in [0.05, 0.1) is 18.4 Å². The monoisotopic (exact) mass is 367 g/mol. The number of ether oxygens (including phenoxy) is 2. The van der Waals surface area contributed by atoms with Crippen LogP contribution in [0.5, 0.6) is 0 Å². The van der Waals surface area contributed by atoms with E-state index in [2.05, 4.69) is 17.1 Å². The molecule has 2 heterocycles. The van der Waals surface area contributed by atoms with E-state index in [9.17, 15) is 9.59 Å². The Kier molecular flexibility index (Phi) is 6.03. The number of amides is 2. The van der Waals surface area contributed by atoms with Crippen molar-refractivity contribution in [2.45, 2.75) is 26.1 Å². The molecule has 8 nitrogen and oxygen atoms in total. The van der Waals surface area contributed by atoms with E-state index in [1.54, 1.807) is 0 Å². The standard InChI is InChI=1S/C18H29N3O5/c1-12-3-4-13-14(11-25-17(15(12)13)26-18(24)19-2)16(23)21-7-5-20(6-8-21)9-10-22/h11-13,15,17,22H,3-10H2,1-2H3,(H,19,24). The van der Waals surface area contributed by atoms with Crippen LogP contribution >= 0.6 is 0 Å². The van der Waals surface area contributed by atoms with Gasteiger partial charge >= 0.3 is 6.09 Å². The van der Waals surface area contributed by atoms with Crippen molar-refractivity contribution in [3.63, 3.8) is 0 Å². The first kappa shape index (κ1) is 19.0. The molecule has 0 aromatic carbocycles. The van der Waals surface area contributed by atoms with Crippen LogP contribution in [0.15, 0.2) is 11.8 Å². The van der Waals surface area contributed by atoms with Crippen molar-refractivity contribution >= 4 is 12.0 Å². The number of aliphatic hydroxyl groups is 1. The van der Waals surface area contributed by atoms with Gasteiger partial charge in [-0.3, -0.25) is 9.69 Å². The first-order chi connectivity index (χ1) is 12.5. The Bertz CT molecular complexity index is 559. The van der Waals surface area contributed by atoms with E-state index in [1.165, 1.54) is 13.3 Å². The van der Waals surface area contributed by atoms with E-state index in [0.29, 0.717) is 31.1 Å². The molecule has 2 fully saturated rings. The molecule has 146 valence electrons. The lowest BCUT2D eigenvalue weighted by atomic mass is 9.83. The van der Waals surface area contributed by atoms with Crippen LogP contribution in [0.25, 0.3) is 0 Å². The van der Waals surface area contributed by atoms with Crippen molar-refractivity contribution in [3.05, 3.63) is 11.8 Å². The topological polar surface area (TPSA) is 91.3 Å². The van der Waals surface area contributed by atoms with Gasteiger partial charge in [-0.25, -0.2) is 4.79 Å². The summed E-state index contributed by atoms with van der Waals surface area (Å²) < 4.78 is 11.1. The molecule has 0 spiro atoms. The van der Waals surface area contributed by atoms with Gasteiger partial charge in [0.25, 0.3) is 5.91 Å². The molecule has 1 aliphatic carbocycles. The number of aliphatic hydroxyl groups excluding tert-OH is 1. The normalized spacial score (nSPS) is 31.7. The highest BCUT2D eigenvalue weighted by Gasteiger charge is 2.48. The lowest BCUT2D eigenvalue weighted by Crippen LogP contribution is -2.51. The van der Waals surface area contributed by atoms with Gasteiger partial charge in [-0.05, 0) is 18.8 Å². The molecular formula is C18H29N3O5. The lowest BCUT2D eigenvalue weighted by Gasteiger charge is -2.38. The number of nitrogens with one attached hydrogen (secondary N) is 1. The van der Waals surface area contributed by atoms with Gasteiger partial charge in [-0.2, -0.15) is 0 Å². The lowest BCUT2D eigenvalue weighted by molar-refractivity contribution is -0.139. The first-order valence-electron chi connectivity index (χ1n) is 9.41. The van der Waals surface area contributed by atoms with Gasteiger partial charge in [0.1, 0.15) is 0 Å². The van der Waals surface area contributed by atoms with E-state index in [4.69, 9.17) is 14.6 Å². The average Bonchev–Trinajstić information content (AvgIpc) is 3.04. The molecule has 26 heavy (non-hydrogen) atoms. The number of hydrogen-bond acceptors (Lipinski definition) is 6. The number of fused-ring (bicyclic) bond motifs is 1. The molecule has 4 atom stereocenters. The maximum Gasteiger partial charge on any atom is 0.409 e. The van der Waals surface area contributed by atoms with Gasteiger partial charge < -0.3 is 24.8 Å². The fraction of sp³-hybridized carbons (Fsp3) is 0.778. The molecule has 1 saturated heterocycles. The fourth-order valence-corrected chi connectivity index (χ4v) is 4.34. The fourth-order valence-electron chi connectivity index (χ4n) is 4.34. The molecule has 1 saturated carbocycles. The Morgan fingerprint density at radius 2 is 2.04 bits per heavy atom. The summed E-state index contributed by atoms with van der Waals surface area (Å²) in [4.78, 5) is 28.7. The van der Waals surface area contributed by atoms with Gasteiger partial charge in [-0.1, -0.05) is 6.92 Å². The predicted molar refractivity (Wildman–Crippen MR) is 94.0 cm³/mol. The zero-order valence-electron chi connectivity index (χ0n) is 15.5. The van der Waals surface area contributed by atoms with E-state index in [1.807, 2.05) is 4.90 Å². The third kappa shape index (κ3) is 3.81. The number of carbonyl (C=O) groups excluding carboxylic acids is 2. The number of hydrogen-bond donors (Lipinski definition) is 2. The molecule has 0 radical (unpaired) electrons. The van der Waals surface area contributed by atoms with Crippen LogP contribution in [0.2, 0.25) is 0 Å². The van der Waals surface area contributed by atoms with Crippen LogP contribution in [-0.2, 0) is 14.3 Å². The molecule has 0 aromatic heterocycles. The SMILES string of the molecule is CNC(=O)OC1OC=C(C(=O)N2CCN(CCO)CC2)C2CCC(C)C12. The van der Waals surface area contributed by atoms with E-state index < -0.39 is 12.4 Å². The van der Waals surface area contributed by atoms with Crippen LogP contribution in [-0.4, -0.2) is 79.6 Å². The van der Waals surface area contributed by atoms with Crippen LogP contribution in [0.4, 0.5) is 4.79 Å². The minimum absolute atomic E-state index is 0.00641. The van der Waals surface area contributed by atoms with E-state index in [-0.39, 0.29) is 24.3 Å². The maximum absolute atomic E-state index is 13.0. The predicted octanol–water partition coefficient (Wildman–Crippen LogP) is 0.381. The summed E-state index contributed by atoms with van der Waals surface area (Å²) >= 11 is 0. The quantitative estimate of drug-likeness (QED) is 0.747. The molecular weight excluding hydrogens is 338 g/mol. The minimum Gasteiger partial charge on any atom is -0.461 e. The summed E-state index contributed by atoms with van der Waals surface area (Å²) in [5.74, 6) is 0.423. The van der Waals surface area contributed by atoms with Gasteiger partial charge in [-0.15, -0.1) is 0 Å². The number of nitrogens with zero attached hydrogens (tertiary/aromatic N) is 2. The summed E-state index contributed by atoms with van der Waals surface area (Å²) in [6.07, 6.45) is 2.24. The second-order valence-corrected chi connectivity index (χ2v) is 7.33. The minimum atomic E-state index is -0.643. The molecule has 3 rings (SSSR count). The zero-order valence-corrected chi connectivity index (χ0v) is 15.5. The average molecular weight is 367 g/mol. The second-order valence-electron chi connectivity index (χ2n) is 7.33. The van der Waals surface area contributed by atoms with Gasteiger partial charge in [0, 0.05) is 51.6 Å². The molecule has 2 aliphatic heterocycles. The Labute approximate surface area is 154 Å². The van der Waals surface area contributed by atoms with Crippen LogP contribution in [0.1, 0.15) is 19.8 Å². The molecule has 4 unspecified atom stereocenters. The van der Waals surface area contributed by atoms with Crippen LogP contribution < -0.4 is 5.32 Å². The van der Waals surface area contributed by atoms with Crippen molar-refractivity contribution in [1.82, 2.24) is 15.1 Å². The summed E-state index contributed by atoms with van der Waals surface area (Å²) in [5.41, 5.74) is 0.701. The van der Waals surface area contributed by atoms with Crippen molar-refractivity contribution in [3.8, 4) is 0 Å². The number of carbonyl (C=O) groups is 2. The summed E-state index contributed by atoms with van der Waals surface area (Å²) in [6.45, 7) is 5.76.